The Morgan fingerprint density at radius 3 is 1.94 bits per heavy atom. The molecule has 18 heavy (non-hydrogen) atoms. The highest BCUT2D eigenvalue weighted by atomic mass is 16.5. The van der Waals surface area contributed by atoms with Gasteiger partial charge in [-0.05, 0) is 18.3 Å². The van der Waals surface area contributed by atoms with Crippen LogP contribution in [0.25, 0.3) is 0 Å². The van der Waals surface area contributed by atoms with Gasteiger partial charge < -0.3 is 15.2 Å². The van der Waals surface area contributed by atoms with E-state index in [4.69, 9.17) is 15.2 Å². The molecule has 5 heteroatoms. The molecule has 0 bridgehead atoms. The maximum Gasteiger partial charge on any atom is 0.306 e. The van der Waals surface area contributed by atoms with Crippen molar-refractivity contribution in [3.05, 3.63) is 0 Å². The molecule has 1 saturated heterocycles. The first-order chi connectivity index (χ1) is 8.60. The van der Waals surface area contributed by atoms with Crippen LogP contribution >= 0.6 is 0 Å². The molecule has 0 amide bonds. The number of cyclic esters (lactones) is 2. The van der Waals surface area contributed by atoms with Gasteiger partial charge in [-0.3, -0.25) is 9.59 Å². The van der Waals surface area contributed by atoms with Crippen LogP contribution in [0.5, 0.6) is 0 Å². The van der Waals surface area contributed by atoms with Crippen LogP contribution in [-0.4, -0.2) is 31.2 Å². The Kier molecular flexibility index (Phi) is 4.22. The van der Waals surface area contributed by atoms with Crippen LogP contribution in [0.3, 0.4) is 0 Å². The standard InChI is InChI=1S/C13H21NO4/c14-10-8-17-11(15)6-13(4-2-1-3-5-13)7-12(16)18-9-10/h10H,1-9,14H2. The monoisotopic (exact) mass is 255 g/mol. The van der Waals surface area contributed by atoms with Crippen molar-refractivity contribution in [2.75, 3.05) is 13.2 Å². The second-order valence-corrected chi connectivity index (χ2v) is 5.54. The average molecular weight is 255 g/mol. The largest absolute Gasteiger partial charge is 0.464 e. The average Bonchev–Trinajstić information content (AvgIpc) is 2.34. The molecule has 0 aromatic carbocycles. The first kappa shape index (κ1) is 13.3. The van der Waals surface area contributed by atoms with Gasteiger partial charge in [0.2, 0.25) is 0 Å². The van der Waals surface area contributed by atoms with Gasteiger partial charge in [-0.1, -0.05) is 19.3 Å². The Balaban J connectivity index is 2.08. The predicted molar refractivity (Wildman–Crippen MR) is 64.6 cm³/mol. The lowest BCUT2D eigenvalue weighted by Crippen LogP contribution is -2.38. The molecule has 1 spiro atoms. The molecular formula is C13H21NO4. The van der Waals surface area contributed by atoms with Gasteiger partial charge in [0.15, 0.2) is 0 Å². The Bertz CT molecular complexity index is 299. The van der Waals surface area contributed by atoms with Gasteiger partial charge in [0.25, 0.3) is 0 Å². The van der Waals surface area contributed by atoms with E-state index in [2.05, 4.69) is 0 Å². The molecule has 0 atom stereocenters. The molecule has 5 nitrogen and oxygen atoms in total. The van der Waals surface area contributed by atoms with Crippen LogP contribution in [0.1, 0.15) is 44.9 Å². The minimum absolute atomic E-state index is 0.127. The van der Waals surface area contributed by atoms with Crippen molar-refractivity contribution in [1.29, 1.82) is 0 Å². The van der Waals surface area contributed by atoms with Crippen LogP contribution in [0.4, 0.5) is 0 Å². The molecule has 0 unspecified atom stereocenters. The molecule has 1 saturated carbocycles. The number of hydrogen-bond donors (Lipinski definition) is 1. The summed E-state index contributed by atoms with van der Waals surface area (Å²) in [6.45, 7) is 0.254. The fourth-order valence-electron chi connectivity index (χ4n) is 2.88. The number of carbonyl (C=O) groups excluding carboxylic acids is 2. The molecule has 2 rings (SSSR count). The summed E-state index contributed by atoms with van der Waals surface area (Å²) in [6, 6.07) is -0.418. The molecule has 0 radical (unpaired) electrons. The first-order valence-corrected chi connectivity index (χ1v) is 6.66. The van der Waals surface area contributed by atoms with E-state index < -0.39 is 6.04 Å². The summed E-state index contributed by atoms with van der Waals surface area (Å²) < 4.78 is 10.3. The van der Waals surface area contributed by atoms with E-state index in [1.807, 2.05) is 0 Å². The van der Waals surface area contributed by atoms with Crippen LogP contribution < -0.4 is 5.73 Å². The van der Waals surface area contributed by atoms with E-state index >= 15 is 0 Å². The fourth-order valence-corrected chi connectivity index (χ4v) is 2.88. The minimum Gasteiger partial charge on any atom is -0.464 e. The maximum atomic E-state index is 11.8. The Labute approximate surface area is 107 Å². The quantitative estimate of drug-likeness (QED) is 0.657. The third-order valence-corrected chi connectivity index (χ3v) is 3.87. The second-order valence-electron chi connectivity index (χ2n) is 5.54. The summed E-state index contributed by atoms with van der Waals surface area (Å²) in [7, 11) is 0. The molecule has 0 aromatic heterocycles. The Hall–Kier alpha value is -1.10. The normalized spacial score (nSPS) is 26.5. The van der Waals surface area contributed by atoms with Crippen molar-refractivity contribution >= 4 is 11.9 Å². The number of nitrogens with two attached hydrogens (primary N) is 1. The van der Waals surface area contributed by atoms with Crippen molar-refractivity contribution in [3.8, 4) is 0 Å². The van der Waals surface area contributed by atoms with Gasteiger partial charge in [0.05, 0.1) is 18.9 Å². The minimum atomic E-state index is -0.418. The molecular weight excluding hydrogens is 234 g/mol. The Morgan fingerprint density at radius 1 is 0.944 bits per heavy atom. The summed E-state index contributed by atoms with van der Waals surface area (Å²) in [5, 5.41) is 0. The molecule has 2 N–H and O–H groups in total. The first-order valence-electron chi connectivity index (χ1n) is 6.66. The highest BCUT2D eigenvalue weighted by Crippen LogP contribution is 2.42. The van der Waals surface area contributed by atoms with Crippen LogP contribution in [0.15, 0.2) is 0 Å². The van der Waals surface area contributed by atoms with Gasteiger partial charge in [-0.15, -0.1) is 0 Å². The van der Waals surface area contributed by atoms with Crippen LogP contribution in [0, 0.1) is 5.41 Å². The maximum absolute atomic E-state index is 11.8. The van der Waals surface area contributed by atoms with Gasteiger partial charge in [-0.25, -0.2) is 0 Å². The fraction of sp³-hybridized carbons (Fsp3) is 0.846. The van der Waals surface area contributed by atoms with Crippen LogP contribution in [0.2, 0.25) is 0 Å². The smallest absolute Gasteiger partial charge is 0.306 e. The van der Waals surface area contributed by atoms with Gasteiger partial charge in [0.1, 0.15) is 13.2 Å². The zero-order chi connectivity index (χ0) is 13.0. The lowest BCUT2D eigenvalue weighted by Gasteiger charge is -2.36. The SMILES string of the molecule is NC1COC(=O)CC2(CCCCC2)CC(=O)OC1. The number of rotatable bonds is 0. The van der Waals surface area contributed by atoms with E-state index in [0.717, 1.165) is 25.7 Å². The predicted octanol–water partition coefficient (Wildman–Crippen LogP) is 1.14. The summed E-state index contributed by atoms with van der Waals surface area (Å²) in [5.74, 6) is -0.468. The highest BCUT2D eigenvalue weighted by Gasteiger charge is 2.38. The van der Waals surface area contributed by atoms with Crippen molar-refractivity contribution in [1.82, 2.24) is 0 Å². The van der Waals surface area contributed by atoms with Gasteiger partial charge >= 0.3 is 11.9 Å². The van der Waals surface area contributed by atoms with E-state index in [0.29, 0.717) is 12.8 Å². The second kappa shape index (κ2) is 5.69. The van der Waals surface area contributed by atoms with Crippen molar-refractivity contribution < 1.29 is 19.1 Å². The van der Waals surface area contributed by atoms with Crippen molar-refractivity contribution in [2.45, 2.75) is 51.0 Å². The highest BCUT2D eigenvalue weighted by molar-refractivity contribution is 5.74. The Morgan fingerprint density at radius 2 is 1.44 bits per heavy atom. The summed E-state index contributed by atoms with van der Waals surface area (Å²) in [6.07, 6.45) is 5.76. The third kappa shape index (κ3) is 3.45. The zero-order valence-electron chi connectivity index (χ0n) is 10.7. The van der Waals surface area contributed by atoms with E-state index in [1.54, 1.807) is 0 Å². The van der Waals surface area contributed by atoms with Gasteiger partial charge in [0, 0.05) is 0 Å². The number of esters is 2. The molecule has 1 heterocycles. The zero-order valence-corrected chi connectivity index (χ0v) is 10.7. The number of carbonyl (C=O) groups is 2. The topological polar surface area (TPSA) is 78.6 Å². The molecule has 0 aromatic rings. The van der Waals surface area contributed by atoms with Crippen molar-refractivity contribution in [3.63, 3.8) is 0 Å². The molecule has 1 aliphatic heterocycles. The van der Waals surface area contributed by atoms with E-state index in [1.165, 1.54) is 6.42 Å². The molecule has 102 valence electrons. The third-order valence-electron chi connectivity index (χ3n) is 3.87. The van der Waals surface area contributed by atoms with Gasteiger partial charge in [-0.2, -0.15) is 0 Å². The molecule has 2 aliphatic rings. The molecule has 2 fully saturated rings. The summed E-state index contributed by atoms with van der Waals surface area (Å²) in [5.41, 5.74) is 5.42. The van der Waals surface area contributed by atoms with E-state index in [9.17, 15) is 9.59 Å². The van der Waals surface area contributed by atoms with E-state index in [-0.39, 0.29) is 30.6 Å². The molecule has 1 aliphatic carbocycles. The summed E-state index contributed by atoms with van der Waals surface area (Å²) in [4.78, 5) is 23.6. The lowest BCUT2D eigenvalue weighted by atomic mass is 9.69. The lowest BCUT2D eigenvalue weighted by molar-refractivity contribution is -0.156. The number of hydrogen-bond acceptors (Lipinski definition) is 5. The number of ether oxygens (including phenoxy) is 2. The van der Waals surface area contributed by atoms with Crippen molar-refractivity contribution in [2.24, 2.45) is 11.1 Å². The van der Waals surface area contributed by atoms with Crippen LogP contribution in [-0.2, 0) is 19.1 Å². The summed E-state index contributed by atoms with van der Waals surface area (Å²) >= 11 is 0.